The minimum Gasteiger partial charge on any atom is -0.493 e. The minimum atomic E-state index is -0.438. The maximum atomic E-state index is 10.1. The summed E-state index contributed by atoms with van der Waals surface area (Å²) in [7, 11) is 5.36. The lowest BCUT2D eigenvalue weighted by Crippen LogP contribution is -2.47. The van der Waals surface area contributed by atoms with Gasteiger partial charge in [0.2, 0.25) is 0 Å². The van der Waals surface area contributed by atoms with E-state index in [4.69, 9.17) is 9.47 Å². The summed E-state index contributed by atoms with van der Waals surface area (Å²) in [6, 6.07) is 6.02. The molecule has 0 bridgehead atoms. The van der Waals surface area contributed by atoms with Crippen LogP contribution in [0.2, 0.25) is 0 Å². The molecular formula is C16H25NO3. The van der Waals surface area contributed by atoms with Crippen molar-refractivity contribution < 1.29 is 14.6 Å². The molecule has 4 nitrogen and oxygen atoms in total. The van der Waals surface area contributed by atoms with Crippen LogP contribution < -0.4 is 9.47 Å². The largest absolute Gasteiger partial charge is 0.493 e. The first-order valence-corrected chi connectivity index (χ1v) is 7.18. The molecule has 1 fully saturated rings. The molecule has 1 aromatic carbocycles. The third-order valence-corrected chi connectivity index (χ3v) is 4.08. The highest BCUT2D eigenvalue weighted by atomic mass is 16.5. The predicted octanol–water partition coefficient (Wildman–Crippen LogP) is 2.09. The third-order valence-electron chi connectivity index (χ3n) is 4.08. The van der Waals surface area contributed by atoms with Gasteiger partial charge in [0.1, 0.15) is 0 Å². The minimum absolute atomic E-state index is 0.438. The number of hydrogen-bond donors (Lipinski definition) is 1. The Balaban J connectivity index is 1.86. The molecule has 0 spiro atoms. The maximum absolute atomic E-state index is 10.1. The SMILES string of the molecule is COc1ccc(CCN(C)CC2(O)CCC2)cc1OC. The van der Waals surface area contributed by atoms with E-state index in [9.17, 15) is 5.11 Å². The van der Waals surface area contributed by atoms with Crippen LogP contribution in [0.4, 0.5) is 0 Å². The predicted molar refractivity (Wildman–Crippen MR) is 79.5 cm³/mol. The van der Waals surface area contributed by atoms with Crippen molar-refractivity contribution in [3.05, 3.63) is 23.8 Å². The molecule has 0 saturated heterocycles. The molecule has 0 unspecified atom stereocenters. The van der Waals surface area contributed by atoms with Gasteiger partial charge >= 0.3 is 0 Å². The van der Waals surface area contributed by atoms with E-state index in [-0.39, 0.29) is 0 Å². The molecule has 0 aromatic heterocycles. The molecule has 0 radical (unpaired) electrons. The van der Waals surface area contributed by atoms with Crippen LogP contribution in [0.5, 0.6) is 11.5 Å². The van der Waals surface area contributed by atoms with Crippen LogP contribution in [0.3, 0.4) is 0 Å². The molecule has 1 saturated carbocycles. The van der Waals surface area contributed by atoms with Crippen molar-refractivity contribution in [2.24, 2.45) is 0 Å². The first-order chi connectivity index (χ1) is 9.56. The fourth-order valence-electron chi connectivity index (χ4n) is 2.68. The first kappa shape index (κ1) is 15.1. The van der Waals surface area contributed by atoms with Crippen molar-refractivity contribution in [2.45, 2.75) is 31.3 Å². The standard InChI is InChI=1S/C16H25NO3/c1-17(12-16(18)8-4-9-16)10-7-13-5-6-14(19-2)15(11-13)20-3/h5-6,11,18H,4,7-10,12H2,1-3H3. The Morgan fingerprint density at radius 1 is 1.20 bits per heavy atom. The number of benzene rings is 1. The summed E-state index contributed by atoms with van der Waals surface area (Å²) < 4.78 is 10.5. The normalized spacial score (nSPS) is 16.9. The average molecular weight is 279 g/mol. The molecule has 1 aliphatic carbocycles. The molecule has 1 aromatic rings. The zero-order valence-corrected chi connectivity index (χ0v) is 12.7. The zero-order chi connectivity index (χ0) is 14.6. The van der Waals surface area contributed by atoms with Crippen LogP contribution in [0, 0.1) is 0 Å². The number of likely N-dealkylation sites (N-methyl/N-ethyl adjacent to an activating group) is 1. The van der Waals surface area contributed by atoms with E-state index in [1.54, 1.807) is 14.2 Å². The number of nitrogens with zero attached hydrogens (tertiary/aromatic N) is 1. The second kappa shape index (κ2) is 6.46. The third kappa shape index (κ3) is 3.64. The number of aliphatic hydroxyl groups is 1. The van der Waals surface area contributed by atoms with E-state index >= 15 is 0 Å². The number of methoxy groups -OCH3 is 2. The van der Waals surface area contributed by atoms with Crippen LogP contribution in [-0.4, -0.2) is 50.0 Å². The van der Waals surface area contributed by atoms with Crippen molar-refractivity contribution in [1.82, 2.24) is 4.90 Å². The summed E-state index contributed by atoms with van der Waals surface area (Å²) in [6.07, 6.45) is 3.97. The Labute approximate surface area is 121 Å². The van der Waals surface area contributed by atoms with E-state index in [0.717, 1.165) is 50.3 Å². The van der Waals surface area contributed by atoms with E-state index < -0.39 is 5.60 Å². The van der Waals surface area contributed by atoms with Crippen molar-refractivity contribution in [1.29, 1.82) is 0 Å². The lowest BCUT2D eigenvalue weighted by atomic mass is 9.80. The van der Waals surface area contributed by atoms with Crippen molar-refractivity contribution in [3.63, 3.8) is 0 Å². The first-order valence-electron chi connectivity index (χ1n) is 7.18. The fraction of sp³-hybridized carbons (Fsp3) is 0.625. The topological polar surface area (TPSA) is 41.9 Å². The summed E-state index contributed by atoms with van der Waals surface area (Å²) in [4.78, 5) is 2.20. The molecule has 0 heterocycles. The Hall–Kier alpha value is -1.26. The van der Waals surface area contributed by atoms with Gasteiger partial charge in [0, 0.05) is 13.1 Å². The van der Waals surface area contributed by atoms with Gasteiger partial charge in [-0.1, -0.05) is 6.07 Å². The quantitative estimate of drug-likeness (QED) is 0.830. The van der Waals surface area contributed by atoms with Gasteiger partial charge in [-0.05, 0) is 50.4 Å². The van der Waals surface area contributed by atoms with E-state index in [2.05, 4.69) is 18.0 Å². The molecule has 1 N–H and O–H groups in total. The van der Waals surface area contributed by atoms with E-state index in [0.29, 0.717) is 0 Å². The molecule has 0 amide bonds. The van der Waals surface area contributed by atoms with Gasteiger partial charge in [-0.2, -0.15) is 0 Å². The highest BCUT2D eigenvalue weighted by Crippen LogP contribution is 2.32. The van der Waals surface area contributed by atoms with Crippen LogP contribution >= 0.6 is 0 Å². The van der Waals surface area contributed by atoms with Crippen LogP contribution in [0.15, 0.2) is 18.2 Å². The van der Waals surface area contributed by atoms with Crippen LogP contribution in [0.25, 0.3) is 0 Å². The summed E-state index contributed by atoms with van der Waals surface area (Å²) in [6.45, 7) is 1.69. The van der Waals surface area contributed by atoms with Gasteiger partial charge in [-0.15, -0.1) is 0 Å². The van der Waals surface area contributed by atoms with Crippen LogP contribution in [0.1, 0.15) is 24.8 Å². The lowest BCUT2D eigenvalue weighted by Gasteiger charge is -2.39. The molecule has 112 valence electrons. The number of ether oxygens (including phenoxy) is 2. The monoisotopic (exact) mass is 279 g/mol. The molecule has 20 heavy (non-hydrogen) atoms. The zero-order valence-electron chi connectivity index (χ0n) is 12.7. The van der Waals surface area contributed by atoms with E-state index in [1.165, 1.54) is 5.56 Å². The summed E-state index contributed by atoms with van der Waals surface area (Å²) >= 11 is 0. The summed E-state index contributed by atoms with van der Waals surface area (Å²) in [5.74, 6) is 1.53. The van der Waals surface area contributed by atoms with Gasteiger partial charge in [-0.3, -0.25) is 0 Å². The Morgan fingerprint density at radius 2 is 1.90 bits per heavy atom. The second-order valence-corrected chi connectivity index (χ2v) is 5.76. The second-order valence-electron chi connectivity index (χ2n) is 5.76. The van der Waals surface area contributed by atoms with Gasteiger partial charge in [0.05, 0.1) is 19.8 Å². The maximum Gasteiger partial charge on any atom is 0.160 e. The average Bonchev–Trinajstić information content (AvgIpc) is 2.43. The molecule has 1 aliphatic rings. The lowest BCUT2D eigenvalue weighted by molar-refractivity contribution is -0.0540. The fourth-order valence-corrected chi connectivity index (χ4v) is 2.68. The van der Waals surface area contributed by atoms with Crippen molar-refractivity contribution >= 4 is 0 Å². The van der Waals surface area contributed by atoms with Crippen molar-refractivity contribution in [3.8, 4) is 11.5 Å². The Kier molecular flexibility index (Phi) is 4.89. The Bertz CT molecular complexity index is 443. The van der Waals surface area contributed by atoms with E-state index in [1.807, 2.05) is 12.1 Å². The highest BCUT2D eigenvalue weighted by molar-refractivity contribution is 5.42. The highest BCUT2D eigenvalue weighted by Gasteiger charge is 2.35. The van der Waals surface area contributed by atoms with Gasteiger partial charge in [0.15, 0.2) is 11.5 Å². The van der Waals surface area contributed by atoms with Gasteiger partial charge in [-0.25, -0.2) is 0 Å². The number of hydrogen-bond acceptors (Lipinski definition) is 4. The molecular weight excluding hydrogens is 254 g/mol. The summed E-state index contributed by atoms with van der Waals surface area (Å²) in [5.41, 5.74) is 0.780. The van der Waals surface area contributed by atoms with Crippen molar-refractivity contribution in [2.75, 3.05) is 34.4 Å². The van der Waals surface area contributed by atoms with Gasteiger partial charge < -0.3 is 19.5 Å². The molecule has 4 heteroatoms. The van der Waals surface area contributed by atoms with Crippen LogP contribution in [-0.2, 0) is 6.42 Å². The molecule has 0 aliphatic heterocycles. The molecule has 2 rings (SSSR count). The summed E-state index contributed by atoms with van der Waals surface area (Å²) in [5, 5.41) is 10.1. The molecule has 0 atom stereocenters. The van der Waals surface area contributed by atoms with Gasteiger partial charge in [0.25, 0.3) is 0 Å². The smallest absolute Gasteiger partial charge is 0.160 e. The Morgan fingerprint density at radius 3 is 2.45 bits per heavy atom. The number of rotatable bonds is 7.